The van der Waals surface area contributed by atoms with Gasteiger partial charge in [0.2, 0.25) is 6.43 Å². The number of carboxylic acids is 1. The molecule has 0 aromatic rings. The lowest BCUT2D eigenvalue weighted by Gasteiger charge is -2.39. The zero-order valence-corrected chi connectivity index (χ0v) is 15.1. The average molecular weight is 356 g/mol. The van der Waals surface area contributed by atoms with Crippen LogP contribution in [0.25, 0.3) is 0 Å². The Kier molecular flexibility index (Phi) is 7.45. The number of carboxylic acid groups (broad SMARTS) is 1. The molecule has 2 aliphatic carbocycles. The van der Waals surface area contributed by atoms with Gasteiger partial charge in [-0.3, -0.25) is 4.79 Å². The number of hydrogen-bond donors (Lipinski definition) is 1. The highest BCUT2D eigenvalue weighted by molar-refractivity contribution is 5.74. The monoisotopic (exact) mass is 356 g/mol. The van der Waals surface area contributed by atoms with E-state index in [9.17, 15) is 18.7 Å². The minimum absolute atomic E-state index is 0.353. The van der Waals surface area contributed by atoms with Gasteiger partial charge in [0.15, 0.2) is 0 Å². The Morgan fingerprint density at radius 2 is 2.08 bits per heavy atom. The number of carbonyl (C=O) groups is 1. The largest absolute Gasteiger partial charge is 0.494 e. The number of halogens is 2. The second kappa shape index (κ2) is 9.35. The van der Waals surface area contributed by atoms with E-state index in [1.807, 2.05) is 6.08 Å². The predicted octanol–water partition coefficient (Wildman–Crippen LogP) is 5.57. The average Bonchev–Trinajstić information content (AvgIpc) is 2.59. The molecule has 0 aromatic heterocycles. The lowest BCUT2D eigenvalue weighted by Crippen LogP contribution is -2.38. The fourth-order valence-corrected chi connectivity index (χ4v) is 4.04. The van der Waals surface area contributed by atoms with E-state index >= 15 is 0 Å². The molecule has 1 N–H and O–H groups in total. The van der Waals surface area contributed by atoms with Crippen molar-refractivity contribution >= 4 is 5.97 Å². The van der Waals surface area contributed by atoms with E-state index in [-0.39, 0.29) is 0 Å². The van der Waals surface area contributed by atoms with Crippen LogP contribution in [0.15, 0.2) is 24.0 Å². The number of unbranched alkanes of at least 4 members (excludes halogenated alkanes) is 2. The summed E-state index contributed by atoms with van der Waals surface area (Å²) in [6.07, 6.45) is 9.60. The van der Waals surface area contributed by atoms with E-state index in [0.717, 1.165) is 25.2 Å². The molecule has 0 aliphatic heterocycles. The summed E-state index contributed by atoms with van der Waals surface area (Å²) in [5.41, 5.74) is -1.23. The van der Waals surface area contributed by atoms with Crippen LogP contribution in [-0.4, -0.2) is 24.1 Å². The molecule has 0 radical (unpaired) electrons. The highest BCUT2D eigenvalue weighted by Gasteiger charge is 2.44. The standard InChI is InChI=1S/C20H30F2O3/c1-2-3-4-13-25-17-7-5-15(6-8-17)16-9-11-20(12-10-16,19(23)24)14-18(21)22/h5,7-8,15-16,18H,2-4,6,9-14H2,1H3,(H,23,24)/t15?,16-,20-. The highest BCUT2D eigenvalue weighted by atomic mass is 19.3. The summed E-state index contributed by atoms with van der Waals surface area (Å²) in [5.74, 6) is 0.592. The van der Waals surface area contributed by atoms with Gasteiger partial charge in [-0.15, -0.1) is 0 Å². The Morgan fingerprint density at radius 3 is 2.60 bits per heavy atom. The number of allylic oxidation sites excluding steroid dienone is 3. The maximum Gasteiger partial charge on any atom is 0.309 e. The molecule has 0 spiro atoms. The Morgan fingerprint density at radius 1 is 1.36 bits per heavy atom. The maximum absolute atomic E-state index is 12.8. The fraction of sp³-hybridized carbons (Fsp3) is 0.750. The van der Waals surface area contributed by atoms with Crippen LogP contribution in [0, 0.1) is 17.3 Å². The van der Waals surface area contributed by atoms with Crippen LogP contribution in [0.1, 0.15) is 64.7 Å². The van der Waals surface area contributed by atoms with Gasteiger partial charge >= 0.3 is 5.97 Å². The molecule has 3 nitrogen and oxygen atoms in total. The molecule has 25 heavy (non-hydrogen) atoms. The van der Waals surface area contributed by atoms with E-state index in [0.29, 0.717) is 37.5 Å². The van der Waals surface area contributed by atoms with Gasteiger partial charge < -0.3 is 9.84 Å². The minimum Gasteiger partial charge on any atom is -0.494 e. The number of alkyl halides is 2. The molecule has 2 aliphatic rings. The highest BCUT2D eigenvalue weighted by Crippen LogP contribution is 2.46. The number of rotatable bonds is 9. The summed E-state index contributed by atoms with van der Waals surface area (Å²) >= 11 is 0. The number of hydrogen-bond acceptors (Lipinski definition) is 2. The third-order valence-electron chi connectivity index (χ3n) is 5.71. The van der Waals surface area contributed by atoms with Gasteiger partial charge in [-0.05, 0) is 62.5 Å². The third-order valence-corrected chi connectivity index (χ3v) is 5.71. The van der Waals surface area contributed by atoms with Gasteiger partial charge in [-0.25, -0.2) is 8.78 Å². The van der Waals surface area contributed by atoms with E-state index in [1.54, 1.807) is 0 Å². The normalized spacial score (nSPS) is 29.5. The molecule has 0 heterocycles. The first-order valence-electron chi connectivity index (χ1n) is 9.49. The Labute approximate surface area is 149 Å². The smallest absolute Gasteiger partial charge is 0.309 e. The van der Waals surface area contributed by atoms with Crippen LogP contribution < -0.4 is 0 Å². The van der Waals surface area contributed by atoms with Crippen molar-refractivity contribution in [2.24, 2.45) is 17.3 Å². The number of ether oxygens (including phenoxy) is 1. The Balaban J connectivity index is 1.81. The van der Waals surface area contributed by atoms with Crippen molar-refractivity contribution in [1.82, 2.24) is 0 Å². The lowest BCUT2D eigenvalue weighted by molar-refractivity contribution is -0.155. The molecule has 1 fully saturated rings. The number of aliphatic carboxylic acids is 1. The minimum atomic E-state index is -2.56. The first-order chi connectivity index (χ1) is 12.0. The molecule has 0 bridgehead atoms. The van der Waals surface area contributed by atoms with Crippen molar-refractivity contribution in [1.29, 1.82) is 0 Å². The van der Waals surface area contributed by atoms with Gasteiger partial charge in [0, 0.05) is 6.42 Å². The van der Waals surface area contributed by atoms with Crippen LogP contribution in [0.5, 0.6) is 0 Å². The van der Waals surface area contributed by atoms with E-state index in [4.69, 9.17) is 4.74 Å². The van der Waals surface area contributed by atoms with Gasteiger partial charge in [0.25, 0.3) is 0 Å². The fourth-order valence-electron chi connectivity index (χ4n) is 4.04. The third kappa shape index (κ3) is 5.55. The van der Waals surface area contributed by atoms with Crippen LogP contribution in [0.3, 0.4) is 0 Å². The first-order valence-corrected chi connectivity index (χ1v) is 9.49. The molecule has 1 atom stereocenters. The summed E-state index contributed by atoms with van der Waals surface area (Å²) in [6, 6.07) is 0. The zero-order chi connectivity index (χ0) is 18.3. The summed E-state index contributed by atoms with van der Waals surface area (Å²) in [7, 11) is 0. The Hall–Kier alpha value is -1.39. The van der Waals surface area contributed by atoms with E-state index < -0.39 is 24.2 Å². The molecule has 1 saturated carbocycles. The summed E-state index contributed by atoms with van der Waals surface area (Å²) < 4.78 is 31.3. The molecule has 5 heteroatoms. The summed E-state index contributed by atoms with van der Waals surface area (Å²) in [4.78, 5) is 11.5. The molecule has 2 rings (SSSR count). The summed E-state index contributed by atoms with van der Waals surface area (Å²) in [5, 5.41) is 9.42. The quantitative estimate of drug-likeness (QED) is 0.549. The second-order valence-corrected chi connectivity index (χ2v) is 7.44. The zero-order valence-electron chi connectivity index (χ0n) is 15.1. The van der Waals surface area contributed by atoms with E-state index in [1.165, 1.54) is 12.8 Å². The molecule has 1 unspecified atom stereocenters. The predicted molar refractivity (Wildman–Crippen MR) is 93.5 cm³/mol. The second-order valence-electron chi connectivity index (χ2n) is 7.44. The van der Waals surface area contributed by atoms with Crippen molar-refractivity contribution in [3.05, 3.63) is 24.0 Å². The molecule has 142 valence electrons. The molecular weight excluding hydrogens is 326 g/mol. The SMILES string of the molecule is CCCCCOC1=CCC([C@H]2CC[C@](CC(F)F)(C(=O)O)CC2)C=C1. The first kappa shape index (κ1) is 19.9. The van der Waals surface area contributed by atoms with Crippen molar-refractivity contribution < 1.29 is 23.4 Å². The van der Waals surface area contributed by atoms with E-state index in [2.05, 4.69) is 19.1 Å². The van der Waals surface area contributed by atoms with Crippen molar-refractivity contribution in [2.75, 3.05) is 6.61 Å². The van der Waals surface area contributed by atoms with Gasteiger partial charge in [0.1, 0.15) is 5.76 Å². The lowest BCUT2D eigenvalue weighted by atomic mass is 9.65. The van der Waals surface area contributed by atoms with Crippen molar-refractivity contribution in [3.8, 4) is 0 Å². The van der Waals surface area contributed by atoms with Crippen LogP contribution in [0.4, 0.5) is 8.78 Å². The molecule has 0 saturated heterocycles. The maximum atomic E-state index is 12.8. The van der Waals surface area contributed by atoms with Gasteiger partial charge in [-0.1, -0.05) is 25.8 Å². The molecular formula is C20H30F2O3. The molecule has 0 aromatic carbocycles. The van der Waals surface area contributed by atoms with Gasteiger partial charge in [-0.2, -0.15) is 0 Å². The topological polar surface area (TPSA) is 46.5 Å². The van der Waals surface area contributed by atoms with Gasteiger partial charge in [0.05, 0.1) is 12.0 Å². The summed E-state index contributed by atoms with van der Waals surface area (Å²) in [6.45, 7) is 2.90. The van der Waals surface area contributed by atoms with Crippen molar-refractivity contribution in [2.45, 2.75) is 71.1 Å². The van der Waals surface area contributed by atoms with Crippen LogP contribution >= 0.6 is 0 Å². The van der Waals surface area contributed by atoms with Crippen LogP contribution in [0.2, 0.25) is 0 Å². The van der Waals surface area contributed by atoms with Crippen molar-refractivity contribution in [3.63, 3.8) is 0 Å². The molecule has 0 amide bonds. The Bertz CT molecular complexity index is 491. The van der Waals surface area contributed by atoms with Crippen LogP contribution in [-0.2, 0) is 9.53 Å².